The van der Waals surface area contributed by atoms with Gasteiger partial charge in [0.15, 0.2) is 0 Å². The fourth-order valence-electron chi connectivity index (χ4n) is 3.40. The molecular formula is C24H34IN3O4S. The summed E-state index contributed by atoms with van der Waals surface area (Å²) in [5.74, 6) is -0.274. The maximum Gasteiger partial charge on any atom is 0.221 e. The summed E-state index contributed by atoms with van der Waals surface area (Å²) < 4.78 is 27.5. The number of amides is 1. The van der Waals surface area contributed by atoms with Crippen LogP contribution in [-0.2, 0) is 27.8 Å². The molecular weight excluding hydrogens is 553 g/mol. The van der Waals surface area contributed by atoms with Gasteiger partial charge in [-0.1, -0.05) is 56.3 Å². The summed E-state index contributed by atoms with van der Waals surface area (Å²) >= 11 is 2.26. The second kappa shape index (κ2) is 14.0. The molecule has 0 spiro atoms. The highest BCUT2D eigenvalue weighted by Crippen LogP contribution is 2.09. The van der Waals surface area contributed by atoms with E-state index in [1.807, 2.05) is 62.4 Å². The predicted octanol–water partition coefficient (Wildman–Crippen LogP) is 2.43. The van der Waals surface area contributed by atoms with E-state index in [4.69, 9.17) is 0 Å². The van der Waals surface area contributed by atoms with E-state index in [2.05, 4.69) is 44.0 Å². The molecule has 0 fully saturated rings. The summed E-state index contributed by atoms with van der Waals surface area (Å²) in [6, 6.07) is 17.2. The molecule has 0 heterocycles. The van der Waals surface area contributed by atoms with Crippen LogP contribution >= 0.6 is 22.6 Å². The Morgan fingerprint density at radius 1 is 1.06 bits per heavy atom. The van der Waals surface area contributed by atoms with Crippen molar-refractivity contribution < 1.29 is 18.3 Å². The molecule has 2 atom stereocenters. The molecule has 0 saturated heterocycles. The SMILES string of the molecule is CC(C)CS(=O)(=O)NCCC(=O)N[C@@H](Cc1ccccc1)[C@H](O)CNCc1cccc(I)c1. The van der Waals surface area contributed by atoms with Gasteiger partial charge in [0.1, 0.15) is 0 Å². The molecule has 1 amide bonds. The van der Waals surface area contributed by atoms with Crippen LogP contribution in [0.4, 0.5) is 0 Å². The maximum atomic E-state index is 12.5. The van der Waals surface area contributed by atoms with Gasteiger partial charge in [0.25, 0.3) is 0 Å². The Labute approximate surface area is 210 Å². The van der Waals surface area contributed by atoms with Crippen LogP contribution in [0, 0.1) is 9.49 Å². The Balaban J connectivity index is 1.91. The third kappa shape index (κ3) is 11.4. The second-order valence-corrected chi connectivity index (χ2v) is 11.6. The van der Waals surface area contributed by atoms with Gasteiger partial charge in [-0.2, -0.15) is 0 Å². The van der Waals surface area contributed by atoms with Crippen LogP contribution < -0.4 is 15.4 Å². The zero-order valence-corrected chi connectivity index (χ0v) is 22.1. The van der Waals surface area contributed by atoms with Gasteiger partial charge in [-0.25, -0.2) is 13.1 Å². The minimum absolute atomic E-state index is 0.00517. The van der Waals surface area contributed by atoms with Crippen molar-refractivity contribution in [2.75, 3.05) is 18.8 Å². The molecule has 182 valence electrons. The average molecular weight is 588 g/mol. The van der Waals surface area contributed by atoms with E-state index in [1.54, 1.807) is 0 Å². The first-order chi connectivity index (χ1) is 15.6. The van der Waals surface area contributed by atoms with Crippen LogP contribution in [0.25, 0.3) is 0 Å². The molecule has 2 aromatic rings. The van der Waals surface area contributed by atoms with E-state index < -0.39 is 22.2 Å². The number of sulfonamides is 1. The summed E-state index contributed by atoms with van der Waals surface area (Å²) in [4.78, 5) is 12.5. The van der Waals surface area contributed by atoms with Crippen LogP contribution in [-0.4, -0.2) is 50.4 Å². The van der Waals surface area contributed by atoms with Crippen LogP contribution in [0.5, 0.6) is 0 Å². The normalized spacial score (nSPS) is 13.6. The van der Waals surface area contributed by atoms with Crippen molar-refractivity contribution in [2.45, 2.75) is 45.4 Å². The summed E-state index contributed by atoms with van der Waals surface area (Å²) in [7, 11) is -3.40. The molecule has 0 saturated carbocycles. The van der Waals surface area contributed by atoms with Gasteiger partial charge < -0.3 is 15.7 Å². The van der Waals surface area contributed by atoms with E-state index in [0.29, 0.717) is 19.5 Å². The summed E-state index contributed by atoms with van der Waals surface area (Å²) in [5, 5.41) is 17.0. The van der Waals surface area contributed by atoms with Crippen LogP contribution in [0.15, 0.2) is 54.6 Å². The van der Waals surface area contributed by atoms with Gasteiger partial charge in [0.05, 0.1) is 17.9 Å². The number of carbonyl (C=O) groups excluding carboxylic acids is 1. The van der Waals surface area contributed by atoms with Crippen molar-refractivity contribution in [1.29, 1.82) is 0 Å². The lowest BCUT2D eigenvalue weighted by Crippen LogP contribution is -2.49. The summed E-state index contributed by atoms with van der Waals surface area (Å²) in [5.41, 5.74) is 2.11. The molecule has 0 aromatic heterocycles. The first kappa shape index (κ1) is 27.7. The molecule has 9 heteroatoms. The van der Waals surface area contributed by atoms with Gasteiger partial charge >= 0.3 is 0 Å². The van der Waals surface area contributed by atoms with E-state index >= 15 is 0 Å². The molecule has 0 aliphatic heterocycles. The van der Waals surface area contributed by atoms with E-state index in [1.165, 1.54) is 0 Å². The minimum atomic E-state index is -3.40. The monoisotopic (exact) mass is 587 g/mol. The molecule has 33 heavy (non-hydrogen) atoms. The molecule has 0 bridgehead atoms. The molecule has 2 aromatic carbocycles. The van der Waals surface area contributed by atoms with Gasteiger partial charge in [-0.3, -0.25) is 4.79 Å². The first-order valence-corrected chi connectivity index (χ1v) is 13.8. The van der Waals surface area contributed by atoms with Gasteiger partial charge in [-0.15, -0.1) is 0 Å². The Bertz CT molecular complexity index is 971. The number of hydrogen-bond donors (Lipinski definition) is 4. The number of carbonyl (C=O) groups is 1. The van der Waals surface area contributed by atoms with Gasteiger partial charge in [0.2, 0.25) is 15.9 Å². The third-order valence-corrected chi connectivity index (χ3v) is 7.33. The van der Waals surface area contributed by atoms with Crippen molar-refractivity contribution in [1.82, 2.24) is 15.4 Å². The lowest BCUT2D eigenvalue weighted by Gasteiger charge is -2.25. The number of nitrogens with one attached hydrogen (secondary N) is 3. The average Bonchev–Trinajstić information content (AvgIpc) is 2.73. The minimum Gasteiger partial charge on any atom is -0.390 e. The quantitative estimate of drug-likeness (QED) is 0.254. The highest BCUT2D eigenvalue weighted by atomic mass is 127. The predicted molar refractivity (Wildman–Crippen MR) is 140 cm³/mol. The molecule has 0 radical (unpaired) electrons. The van der Waals surface area contributed by atoms with Crippen LogP contribution in [0.3, 0.4) is 0 Å². The molecule has 0 aliphatic carbocycles. The fourth-order valence-corrected chi connectivity index (χ4v) is 5.42. The lowest BCUT2D eigenvalue weighted by atomic mass is 10.0. The molecule has 0 aliphatic rings. The van der Waals surface area contributed by atoms with E-state index in [-0.39, 0.29) is 30.5 Å². The van der Waals surface area contributed by atoms with Gasteiger partial charge in [0, 0.05) is 29.6 Å². The molecule has 7 nitrogen and oxygen atoms in total. The Morgan fingerprint density at radius 3 is 2.42 bits per heavy atom. The van der Waals surface area contributed by atoms with Crippen molar-refractivity contribution in [3.63, 3.8) is 0 Å². The summed E-state index contributed by atoms with van der Waals surface area (Å²) in [6.07, 6.45) is -0.335. The molecule has 2 rings (SSSR count). The van der Waals surface area contributed by atoms with Gasteiger partial charge in [-0.05, 0) is 58.2 Å². The van der Waals surface area contributed by atoms with Crippen LogP contribution in [0.1, 0.15) is 31.4 Å². The van der Waals surface area contributed by atoms with E-state index in [0.717, 1.165) is 14.7 Å². The standard InChI is InChI=1S/C24H34IN3O4S/c1-18(2)17-33(31,32)27-12-11-24(30)28-22(14-19-7-4-3-5-8-19)23(29)16-26-15-20-9-6-10-21(25)13-20/h3-10,13,18,22-23,26-27,29H,11-12,14-17H2,1-2H3,(H,28,30)/t22-,23+/m0/s1. The number of aliphatic hydroxyl groups is 1. The van der Waals surface area contributed by atoms with Crippen LogP contribution in [0.2, 0.25) is 0 Å². The number of hydrogen-bond acceptors (Lipinski definition) is 5. The fraction of sp³-hybridized carbons (Fsp3) is 0.458. The van der Waals surface area contributed by atoms with Crippen molar-refractivity contribution in [3.05, 3.63) is 69.3 Å². The van der Waals surface area contributed by atoms with Crippen molar-refractivity contribution in [3.8, 4) is 0 Å². The Hall–Kier alpha value is -1.53. The highest BCUT2D eigenvalue weighted by Gasteiger charge is 2.22. The zero-order chi connectivity index (χ0) is 24.3. The number of halogens is 1. The topological polar surface area (TPSA) is 108 Å². The maximum absolute atomic E-state index is 12.5. The first-order valence-electron chi connectivity index (χ1n) is 11.1. The largest absolute Gasteiger partial charge is 0.390 e. The number of benzene rings is 2. The lowest BCUT2D eigenvalue weighted by molar-refractivity contribution is -0.122. The molecule has 4 N–H and O–H groups in total. The Morgan fingerprint density at radius 2 is 1.76 bits per heavy atom. The number of rotatable bonds is 14. The smallest absolute Gasteiger partial charge is 0.221 e. The highest BCUT2D eigenvalue weighted by molar-refractivity contribution is 14.1. The third-order valence-electron chi connectivity index (χ3n) is 4.91. The number of aliphatic hydroxyl groups excluding tert-OH is 1. The zero-order valence-electron chi connectivity index (χ0n) is 19.1. The second-order valence-electron chi connectivity index (χ2n) is 8.51. The summed E-state index contributed by atoms with van der Waals surface area (Å²) in [6.45, 7) is 4.60. The van der Waals surface area contributed by atoms with Crippen molar-refractivity contribution >= 4 is 38.5 Å². The molecule has 0 unspecified atom stereocenters. The Kier molecular flexibility index (Phi) is 11.8. The van der Waals surface area contributed by atoms with E-state index in [9.17, 15) is 18.3 Å². The van der Waals surface area contributed by atoms with Crippen molar-refractivity contribution in [2.24, 2.45) is 5.92 Å².